The molecule has 2 saturated heterocycles. The normalized spacial score (nSPS) is 25.5. The van der Waals surface area contributed by atoms with Gasteiger partial charge in [0.2, 0.25) is 0 Å². The monoisotopic (exact) mass is 516 g/mol. The van der Waals surface area contributed by atoms with Crippen molar-refractivity contribution in [3.8, 4) is 0 Å². The fraction of sp³-hybridized carbons (Fsp3) is 0.682. The smallest absolute Gasteiger partial charge is 0.191 e. The summed E-state index contributed by atoms with van der Waals surface area (Å²) in [6.45, 7) is 12.6. The maximum atomic E-state index is 5.82. The summed E-state index contributed by atoms with van der Waals surface area (Å²) in [5, 5.41) is 6.72. The van der Waals surface area contributed by atoms with Crippen molar-refractivity contribution in [3.05, 3.63) is 35.4 Å². The average molecular weight is 516 g/mol. The quantitative estimate of drug-likeness (QED) is 0.332. The molecule has 3 rings (SSSR count). The summed E-state index contributed by atoms with van der Waals surface area (Å²) in [7, 11) is 0. The fourth-order valence-electron chi connectivity index (χ4n) is 3.95. The summed E-state index contributed by atoms with van der Waals surface area (Å²) >= 11 is 0. The molecule has 1 aromatic rings. The topological polar surface area (TPSA) is 58.1 Å². The molecule has 0 radical (unpaired) electrons. The molecule has 0 aliphatic carbocycles. The summed E-state index contributed by atoms with van der Waals surface area (Å²) in [5.74, 6) is 0.860. The maximum Gasteiger partial charge on any atom is 0.191 e. The Morgan fingerprint density at radius 3 is 2.41 bits per heavy atom. The van der Waals surface area contributed by atoms with Crippen LogP contribution in [0.15, 0.2) is 29.3 Å². The Balaban J connectivity index is 0.00000300. The van der Waals surface area contributed by atoms with Gasteiger partial charge in [-0.05, 0) is 44.7 Å². The molecule has 2 aliphatic heterocycles. The highest BCUT2D eigenvalue weighted by Gasteiger charge is 2.22. The molecule has 164 valence electrons. The lowest BCUT2D eigenvalue weighted by atomic mass is 10.1. The minimum absolute atomic E-state index is 0. The summed E-state index contributed by atoms with van der Waals surface area (Å²) in [6.07, 6.45) is 3.23. The van der Waals surface area contributed by atoms with Crippen LogP contribution in [0.1, 0.15) is 44.7 Å². The van der Waals surface area contributed by atoms with Crippen molar-refractivity contribution in [1.82, 2.24) is 15.5 Å². The predicted molar refractivity (Wildman–Crippen MR) is 129 cm³/mol. The van der Waals surface area contributed by atoms with Gasteiger partial charge in [-0.25, -0.2) is 4.99 Å². The molecular weight excluding hydrogens is 479 g/mol. The summed E-state index contributed by atoms with van der Waals surface area (Å²) in [5.41, 5.74) is 2.57. The van der Waals surface area contributed by atoms with E-state index in [2.05, 4.69) is 60.6 Å². The van der Waals surface area contributed by atoms with E-state index >= 15 is 0 Å². The first-order valence-corrected chi connectivity index (χ1v) is 10.7. The van der Waals surface area contributed by atoms with Crippen molar-refractivity contribution in [2.75, 3.05) is 32.8 Å². The lowest BCUT2D eigenvalue weighted by Gasteiger charge is -2.35. The van der Waals surface area contributed by atoms with Crippen LogP contribution in [0.5, 0.6) is 0 Å². The molecule has 3 atom stereocenters. The van der Waals surface area contributed by atoms with Gasteiger partial charge in [0, 0.05) is 39.3 Å². The molecule has 1 aromatic carbocycles. The van der Waals surface area contributed by atoms with E-state index in [9.17, 15) is 0 Å². The van der Waals surface area contributed by atoms with Crippen molar-refractivity contribution in [2.45, 2.75) is 65.0 Å². The molecule has 2 aliphatic rings. The van der Waals surface area contributed by atoms with Gasteiger partial charge in [-0.2, -0.15) is 0 Å². The number of nitrogens with one attached hydrogen (secondary N) is 2. The number of rotatable bonds is 7. The minimum atomic E-state index is 0. The Bertz CT molecular complexity index is 610. The van der Waals surface area contributed by atoms with E-state index in [4.69, 9.17) is 14.5 Å². The summed E-state index contributed by atoms with van der Waals surface area (Å²) in [4.78, 5) is 7.20. The molecule has 2 fully saturated rings. The molecule has 29 heavy (non-hydrogen) atoms. The van der Waals surface area contributed by atoms with Gasteiger partial charge in [0.25, 0.3) is 0 Å². The maximum absolute atomic E-state index is 5.82. The summed E-state index contributed by atoms with van der Waals surface area (Å²) < 4.78 is 11.5. The van der Waals surface area contributed by atoms with E-state index in [0.29, 0.717) is 24.9 Å². The second-order valence-electron chi connectivity index (χ2n) is 7.98. The highest BCUT2D eigenvalue weighted by Crippen LogP contribution is 2.15. The van der Waals surface area contributed by atoms with E-state index in [1.54, 1.807) is 0 Å². The number of hydrogen-bond acceptors (Lipinski definition) is 4. The Morgan fingerprint density at radius 1 is 1.10 bits per heavy atom. The molecule has 0 bridgehead atoms. The lowest BCUT2D eigenvalue weighted by Crippen LogP contribution is -2.44. The van der Waals surface area contributed by atoms with E-state index in [1.807, 2.05) is 0 Å². The van der Waals surface area contributed by atoms with Gasteiger partial charge in [-0.3, -0.25) is 4.90 Å². The molecule has 0 amide bonds. The van der Waals surface area contributed by atoms with E-state index < -0.39 is 0 Å². The lowest BCUT2D eigenvalue weighted by molar-refractivity contribution is -0.0704. The number of hydrogen-bond donors (Lipinski definition) is 2. The van der Waals surface area contributed by atoms with Gasteiger partial charge < -0.3 is 20.1 Å². The molecule has 7 heteroatoms. The van der Waals surface area contributed by atoms with Crippen molar-refractivity contribution in [2.24, 2.45) is 4.99 Å². The van der Waals surface area contributed by atoms with Crippen LogP contribution in [0.3, 0.4) is 0 Å². The molecule has 0 spiro atoms. The van der Waals surface area contributed by atoms with Crippen LogP contribution in [0.25, 0.3) is 0 Å². The van der Waals surface area contributed by atoms with Gasteiger partial charge in [-0.15, -0.1) is 24.0 Å². The first-order chi connectivity index (χ1) is 13.6. The van der Waals surface area contributed by atoms with E-state index in [1.165, 1.54) is 11.1 Å². The van der Waals surface area contributed by atoms with Gasteiger partial charge in [-0.1, -0.05) is 24.3 Å². The molecular formula is C22H37IN4O2. The van der Waals surface area contributed by atoms with Crippen molar-refractivity contribution >= 4 is 29.9 Å². The first-order valence-electron chi connectivity index (χ1n) is 10.7. The molecule has 2 N–H and O–H groups in total. The standard InChI is InChI=1S/C22H36N4O2.HI/c1-4-23-22(25-13-21-6-5-11-27-21)24-12-19-7-9-20(10-8-19)16-26-14-17(2)28-18(3)15-26;/h7-10,17-18,21H,4-6,11-16H2,1-3H3,(H2,23,24,25);1H. The van der Waals surface area contributed by atoms with Crippen LogP contribution in [0.4, 0.5) is 0 Å². The van der Waals surface area contributed by atoms with Crippen LogP contribution in [0, 0.1) is 0 Å². The largest absolute Gasteiger partial charge is 0.376 e. The number of ether oxygens (including phenoxy) is 2. The minimum Gasteiger partial charge on any atom is -0.376 e. The Kier molecular flexibility index (Phi) is 10.7. The molecule has 2 heterocycles. The molecule has 3 unspecified atom stereocenters. The van der Waals surface area contributed by atoms with Gasteiger partial charge >= 0.3 is 0 Å². The van der Waals surface area contributed by atoms with Gasteiger partial charge in [0.1, 0.15) is 0 Å². The second kappa shape index (κ2) is 12.7. The van der Waals surface area contributed by atoms with Crippen LogP contribution < -0.4 is 10.6 Å². The number of morpholine rings is 1. The number of guanidine groups is 1. The highest BCUT2D eigenvalue weighted by atomic mass is 127. The zero-order chi connectivity index (χ0) is 19.8. The third kappa shape index (κ3) is 8.39. The predicted octanol–water partition coefficient (Wildman–Crippen LogP) is 3.15. The van der Waals surface area contributed by atoms with Crippen LogP contribution in [-0.2, 0) is 22.6 Å². The fourth-order valence-corrected chi connectivity index (χ4v) is 3.95. The highest BCUT2D eigenvalue weighted by molar-refractivity contribution is 14.0. The first kappa shape index (κ1) is 24.4. The Morgan fingerprint density at radius 2 is 1.79 bits per heavy atom. The average Bonchev–Trinajstić information content (AvgIpc) is 3.18. The van der Waals surface area contributed by atoms with Gasteiger partial charge in [0.05, 0.1) is 24.9 Å². The zero-order valence-corrected chi connectivity index (χ0v) is 20.4. The van der Waals surface area contributed by atoms with E-state index in [0.717, 1.165) is 58.1 Å². The SMILES string of the molecule is CCNC(=NCc1ccc(CN2CC(C)OC(C)C2)cc1)NCC1CCCO1.I. The molecule has 0 saturated carbocycles. The molecule has 6 nitrogen and oxygen atoms in total. The third-order valence-electron chi connectivity index (χ3n) is 5.21. The van der Waals surface area contributed by atoms with Crippen LogP contribution in [-0.4, -0.2) is 62.0 Å². The summed E-state index contributed by atoms with van der Waals surface area (Å²) in [6, 6.07) is 8.83. The number of benzene rings is 1. The van der Waals surface area contributed by atoms with Crippen LogP contribution >= 0.6 is 24.0 Å². The second-order valence-corrected chi connectivity index (χ2v) is 7.98. The Hall–Kier alpha value is -0.900. The van der Waals surface area contributed by atoms with Crippen molar-refractivity contribution < 1.29 is 9.47 Å². The van der Waals surface area contributed by atoms with E-state index in [-0.39, 0.29) is 24.0 Å². The number of nitrogens with zero attached hydrogens (tertiary/aromatic N) is 2. The van der Waals surface area contributed by atoms with Crippen molar-refractivity contribution in [1.29, 1.82) is 0 Å². The number of aliphatic imine (C=N–C) groups is 1. The third-order valence-corrected chi connectivity index (χ3v) is 5.21. The van der Waals surface area contributed by atoms with Crippen LogP contribution in [0.2, 0.25) is 0 Å². The van der Waals surface area contributed by atoms with Gasteiger partial charge in [0.15, 0.2) is 5.96 Å². The Labute approximate surface area is 192 Å². The van der Waals surface area contributed by atoms with Crippen molar-refractivity contribution in [3.63, 3.8) is 0 Å². The number of halogens is 1. The zero-order valence-electron chi connectivity index (χ0n) is 18.0. The molecule has 0 aromatic heterocycles.